The Bertz CT molecular complexity index is 1460. The van der Waals surface area contributed by atoms with Crippen LogP contribution in [0.3, 0.4) is 0 Å². The van der Waals surface area contributed by atoms with E-state index in [4.69, 9.17) is 0 Å². The molecule has 2 aromatic heterocycles. The molecule has 7 nitrogen and oxygen atoms in total. The number of carboxylic acids is 1. The Morgan fingerprint density at radius 2 is 1.94 bits per heavy atom. The lowest BCUT2D eigenvalue weighted by atomic mass is 10.0. The summed E-state index contributed by atoms with van der Waals surface area (Å²) in [6.45, 7) is 8.07. The van der Waals surface area contributed by atoms with Gasteiger partial charge in [0.25, 0.3) is 0 Å². The van der Waals surface area contributed by atoms with Gasteiger partial charge >= 0.3 is 11.7 Å². The highest BCUT2D eigenvalue weighted by Crippen LogP contribution is 2.33. The Labute approximate surface area is 191 Å². The van der Waals surface area contributed by atoms with Gasteiger partial charge in [-0.05, 0) is 62.6 Å². The summed E-state index contributed by atoms with van der Waals surface area (Å²) < 4.78 is 3.30. The van der Waals surface area contributed by atoms with E-state index in [-0.39, 0.29) is 18.2 Å². The Morgan fingerprint density at radius 1 is 1.18 bits per heavy atom. The molecule has 2 unspecified atom stereocenters. The van der Waals surface area contributed by atoms with Crippen LogP contribution in [0, 0.1) is 25.2 Å². The van der Waals surface area contributed by atoms with Gasteiger partial charge in [0.1, 0.15) is 0 Å². The maximum absolute atomic E-state index is 13.8. The fraction of sp³-hybridized carbons (Fsp3) is 0.346. The number of H-pyrrole nitrogens is 1. The Morgan fingerprint density at radius 3 is 2.61 bits per heavy atom. The lowest BCUT2D eigenvalue weighted by molar-refractivity contribution is -0.137. The molecule has 0 fully saturated rings. The van der Waals surface area contributed by atoms with Crippen molar-refractivity contribution in [1.29, 1.82) is 5.26 Å². The minimum atomic E-state index is -0.951. The van der Waals surface area contributed by atoms with Crippen molar-refractivity contribution in [3.63, 3.8) is 0 Å². The van der Waals surface area contributed by atoms with Crippen molar-refractivity contribution in [1.82, 2.24) is 14.1 Å². The molecule has 0 spiro atoms. The minimum absolute atomic E-state index is 0.149. The van der Waals surface area contributed by atoms with Crippen LogP contribution < -0.4 is 5.69 Å². The predicted octanol–water partition coefficient (Wildman–Crippen LogP) is 5.20. The first-order valence-corrected chi connectivity index (χ1v) is 11.2. The highest BCUT2D eigenvalue weighted by molar-refractivity contribution is 5.88. The van der Waals surface area contributed by atoms with E-state index in [1.54, 1.807) is 27.3 Å². The SMILES string of the molecule is CCCC(CC(=O)O)n1c(=O)n(C(C)c2c[nH]c3cc(C)cc(C)c23)c2ccc(C#N)cc21. The Kier molecular flexibility index (Phi) is 5.86. The fourth-order valence-electron chi connectivity index (χ4n) is 5.06. The molecule has 2 N–H and O–H groups in total. The van der Waals surface area contributed by atoms with Crippen molar-refractivity contribution in [2.45, 2.75) is 59.0 Å². The molecule has 0 aliphatic carbocycles. The summed E-state index contributed by atoms with van der Waals surface area (Å²) in [5.41, 5.74) is 5.78. The molecule has 2 aromatic carbocycles. The molecular weight excluding hydrogens is 416 g/mol. The first kappa shape index (κ1) is 22.4. The topological polar surface area (TPSA) is 104 Å². The van der Waals surface area contributed by atoms with Crippen molar-refractivity contribution >= 4 is 27.9 Å². The van der Waals surface area contributed by atoms with Gasteiger partial charge in [-0.15, -0.1) is 0 Å². The molecular formula is C26H28N4O3. The second-order valence-corrected chi connectivity index (χ2v) is 8.80. The minimum Gasteiger partial charge on any atom is -0.481 e. The third kappa shape index (κ3) is 3.82. The normalized spacial score (nSPS) is 13.3. The van der Waals surface area contributed by atoms with Gasteiger partial charge < -0.3 is 10.1 Å². The number of hydrogen-bond donors (Lipinski definition) is 2. The first-order valence-electron chi connectivity index (χ1n) is 11.2. The van der Waals surface area contributed by atoms with Gasteiger partial charge in [-0.3, -0.25) is 13.9 Å². The lowest BCUT2D eigenvalue weighted by Gasteiger charge is -2.17. The summed E-state index contributed by atoms with van der Waals surface area (Å²) >= 11 is 0. The summed E-state index contributed by atoms with van der Waals surface area (Å²) in [7, 11) is 0. The number of nitrogens with zero attached hydrogens (tertiary/aromatic N) is 3. The number of aryl methyl sites for hydroxylation is 2. The molecule has 0 aliphatic rings. The van der Waals surface area contributed by atoms with E-state index in [1.165, 1.54) is 0 Å². The molecule has 2 atom stereocenters. The van der Waals surface area contributed by atoms with E-state index in [2.05, 4.69) is 37.0 Å². The largest absolute Gasteiger partial charge is 0.481 e. The van der Waals surface area contributed by atoms with E-state index in [0.717, 1.165) is 34.0 Å². The number of benzene rings is 2. The third-order valence-electron chi connectivity index (χ3n) is 6.42. The van der Waals surface area contributed by atoms with Gasteiger partial charge in [0.05, 0.1) is 35.1 Å². The summed E-state index contributed by atoms with van der Waals surface area (Å²) in [4.78, 5) is 28.8. The number of imidazole rings is 1. The van der Waals surface area contributed by atoms with E-state index >= 15 is 0 Å². The predicted molar refractivity (Wildman–Crippen MR) is 129 cm³/mol. The fourth-order valence-corrected chi connectivity index (χ4v) is 5.06. The maximum Gasteiger partial charge on any atom is 0.329 e. The van der Waals surface area contributed by atoms with E-state index in [0.29, 0.717) is 23.0 Å². The number of rotatable bonds is 7. The average Bonchev–Trinajstić information content (AvgIpc) is 3.30. The molecule has 0 saturated carbocycles. The molecule has 170 valence electrons. The number of fused-ring (bicyclic) bond motifs is 2. The van der Waals surface area contributed by atoms with Crippen molar-refractivity contribution in [3.05, 3.63) is 69.3 Å². The molecule has 4 rings (SSSR count). The third-order valence-corrected chi connectivity index (χ3v) is 6.42. The van der Waals surface area contributed by atoms with Crippen molar-refractivity contribution in [3.8, 4) is 6.07 Å². The summed E-state index contributed by atoms with van der Waals surface area (Å²) in [6, 6.07) is 10.7. The van der Waals surface area contributed by atoms with Gasteiger partial charge in [0.2, 0.25) is 0 Å². The Balaban J connectivity index is 1.99. The second kappa shape index (κ2) is 8.62. The maximum atomic E-state index is 13.8. The summed E-state index contributed by atoms with van der Waals surface area (Å²) in [5, 5.41) is 20.0. The highest BCUT2D eigenvalue weighted by atomic mass is 16.4. The number of nitrogens with one attached hydrogen (secondary N) is 1. The van der Waals surface area contributed by atoms with Gasteiger partial charge in [-0.2, -0.15) is 5.26 Å². The smallest absolute Gasteiger partial charge is 0.329 e. The zero-order valence-electron chi connectivity index (χ0n) is 19.3. The number of carbonyl (C=O) groups is 1. The molecule has 33 heavy (non-hydrogen) atoms. The molecule has 0 amide bonds. The lowest BCUT2D eigenvalue weighted by Crippen LogP contribution is -2.30. The van der Waals surface area contributed by atoms with Crippen molar-refractivity contribution in [2.24, 2.45) is 0 Å². The van der Waals surface area contributed by atoms with E-state index < -0.39 is 12.0 Å². The Hall–Kier alpha value is -3.79. The highest BCUT2D eigenvalue weighted by Gasteiger charge is 2.26. The van der Waals surface area contributed by atoms with Crippen LogP contribution >= 0.6 is 0 Å². The van der Waals surface area contributed by atoms with Crippen LogP contribution in [0.5, 0.6) is 0 Å². The van der Waals surface area contributed by atoms with Crippen LogP contribution in [0.1, 0.15) is 67.4 Å². The van der Waals surface area contributed by atoms with Gasteiger partial charge in [0, 0.05) is 28.7 Å². The molecule has 0 radical (unpaired) electrons. The van der Waals surface area contributed by atoms with E-state index in [1.807, 2.05) is 20.0 Å². The quantitative estimate of drug-likeness (QED) is 0.409. The molecule has 0 bridgehead atoms. The average molecular weight is 445 g/mol. The van der Waals surface area contributed by atoms with Crippen LogP contribution in [0.15, 0.2) is 41.3 Å². The van der Waals surface area contributed by atoms with Crippen molar-refractivity contribution < 1.29 is 9.90 Å². The van der Waals surface area contributed by atoms with Gasteiger partial charge in [0.15, 0.2) is 0 Å². The molecule has 4 aromatic rings. The number of aliphatic carboxylic acids is 1. The van der Waals surface area contributed by atoms with E-state index in [9.17, 15) is 20.0 Å². The van der Waals surface area contributed by atoms with Crippen LogP contribution in [0.4, 0.5) is 0 Å². The van der Waals surface area contributed by atoms with Gasteiger partial charge in [-0.25, -0.2) is 4.79 Å². The van der Waals surface area contributed by atoms with Crippen LogP contribution in [0.2, 0.25) is 0 Å². The van der Waals surface area contributed by atoms with Gasteiger partial charge in [-0.1, -0.05) is 19.4 Å². The number of carboxylic acid groups (broad SMARTS) is 1. The molecule has 0 aliphatic heterocycles. The zero-order chi connectivity index (χ0) is 23.9. The molecule has 7 heteroatoms. The van der Waals surface area contributed by atoms with Crippen LogP contribution in [0.25, 0.3) is 21.9 Å². The molecule has 2 heterocycles. The number of aromatic nitrogens is 3. The summed E-state index contributed by atoms with van der Waals surface area (Å²) in [6.07, 6.45) is 3.10. The number of hydrogen-bond acceptors (Lipinski definition) is 3. The van der Waals surface area contributed by atoms with Crippen LogP contribution in [-0.4, -0.2) is 25.2 Å². The molecule has 0 saturated heterocycles. The van der Waals surface area contributed by atoms with Crippen LogP contribution in [-0.2, 0) is 4.79 Å². The standard InChI is InChI=1S/C26H28N4O3/c1-5-6-19(12-24(31)32)30-23-11-18(13-27)7-8-22(23)29(26(30)33)17(4)20-14-28-21-10-15(2)9-16(3)25(20)21/h7-11,14,17,19,28H,5-6,12H2,1-4H3,(H,31,32). The summed E-state index contributed by atoms with van der Waals surface area (Å²) in [5.74, 6) is -0.951. The van der Waals surface area contributed by atoms with Crippen molar-refractivity contribution in [2.75, 3.05) is 0 Å². The zero-order valence-corrected chi connectivity index (χ0v) is 19.3. The number of aromatic amines is 1. The second-order valence-electron chi connectivity index (χ2n) is 8.80. The monoisotopic (exact) mass is 444 g/mol. The number of nitriles is 1. The first-order chi connectivity index (χ1) is 15.8.